The quantitative estimate of drug-likeness (QED) is 0.598. The van der Waals surface area contributed by atoms with Gasteiger partial charge in [-0.1, -0.05) is 30.3 Å². The number of carbonyl (C=O) groups is 2. The SMILES string of the molecule is CCOC(=O)C1(C)CCC(n2ncc(C(=O)OCc3ccccc3)c2C(F)F)CC1. The molecule has 1 aliphatic carbocycles. The van der Waals surface area contributed by atoms with Crippen LogP contribution in [0.2, 0.25) is 0 Å². The fourth-order valence-electron chi connectivity index (χ4n) is 3.83. The second-order valence-electron chi connectivity index (χ2n) is 7.76. The van der Waals surface area contributed by atoms with Gasteiger partial charge in [0.1, 0.15) is 17.9 Å². The van der Waals surface area contributed by atoms with Crippen LogP contribution in [0.15, 0.2) is 36.5 Å². The van der Waals surface area contributed by atoms with Gasteiger partial charge in [0.05, 0.1) is 24.3 Å². The molecule has 6 nitrogen and oxygen atoms in total. The first-order valence-corrected chi connectivity index (χ1v) is 10.1. The third-order valence-electron chi connectivity index (χ3n) is 5.65. The van der Waals surface area contributed by atoms with E-state index in [9.17, 15) is 18.4 Å². The Morgan fingerprint density at radius 3 is 2.47 bits per heavy atom. The van der Waals surface area contributed by atoms with Crippen LogP contribution in [-0.2, 0) is 20.9 Å². The van der Waals surface area contributed by atoms with Crippen molar-refractivity contribution in [1.82, 2.24) is 9.78 Å². The summed E-state index contributed by atoms with van der Waals surface area (Å²) >= 11 is 0. The Kier molecular flexibility index (Phi) is 6.84. The zero-order valence-corrected chi connectivity index (χ0v) is 17.1. The van der Waals surface area contributed by atoms with E-state index in [0.717, 1.165) is 11.8 Å². The van der Waals surface area contributed by atoms with E-state index in [1.165, 1.54) is 4.68 Å². The average molecular weight is 420 g/mol. The first kappa shape index (κ1) is 21.9. The van der Waals surface area contributed by atoms with Gasteiger partial charge in [-0.15, -0.1) is 0 Å². The largest absolute Gasteiger partial charge is 0.466 e. The maximum atomic E-state index is 13.8. The van der Waals surface area contributed by atoms with Crippen molar-refractivity contribution >= 4 is 11.9 Å². The van der Waals surface area contributed by atoms with Gasteiger partial charge in [-0.3, -0.25) is 9.48 Å². The van der Waals surface area contributed by atoms with Crippen LogP contribution >= 0.6 is 0 Å². The van der Waals surface area contributed by atoms with Gasteiger partial charge in [0.25, 0.3) is 6.43 Å². The molecule has 0 unspecified atom stereocenters. The summed E-state index contributed by atoms with van der Waals surface area (Å²) in [7, 11) is 0. The Bertz CT molecular complexity index is 875. The highest BCUT2D eigenvalue weighted by atomic mass is 19.3. The summed E-state index contributed by atoms with van der Waals surface area (Å²) in [5.41, 5.74) is -0.512. The first-order valence-electron chi connectivity index (χ1n) is 10.1. The highest BCUT2D eigenvalue weighted by Gasteiger charge is 2.40. The summed E-state index contributed by atoms with van der Waals surface area (Å²) in [6.45, 7) is 3.89. The number of aromatic nitrogens is 2. The van der Waals surface area contributed by atoms with Gasteiger partial charge in [0.15, 0.2) is 0 Å². The van der Waals surface area contributed by atoms with Gasteiger partial charge in [0.2, 0.25) is 0 Å². The number of hydrogen-bond acceptors (Lipinski definition) is 5. The lowest BCUT2D eigenvalue weighted by Gasteiger charge is -2.35. The molecule has 162 valence electrons. The Hall–Kier alpha value is -2.77. The zero-order chi connectivity index (χ0) is 21.7. The van der Waals surface area contributed by atoms with Gasteiger partial charge in [0, 0.05) is 0 Å². The highest BCUT2D eigenvalue weighted by molar-refractivity contribution is 5.90. The molecular weight excluding hydrogens is 394 g/mol. The van der Waals surface area contributed by atoms with E-state index in [1.807, 2.05) is 13.0 Å². The van der Waals surface area contributed by atoms with Crippen molar-refractivity contribution in [2.45, 2.75) is 58.6 Å². The van der Waals surface area contributed by atoms with E-state index in [2.05, 4.69) is 5.10 Å². The molecule has 0 bridgehead atoms. The fourth-order valence-corrected chi connectivity index (χ4v) is 3.83. The van der Waals surface area contributed by atoms with E-state index in [0.29, 0.717) is 32.3 Å². The van der Waals surface area contributed by atoms with Gasteiger partial charge in [-0.25, -0.2) is 13.6 Å². The molecule has 1 aromatic carbocycles. The smallest absolute Gasteiger partial charge is 0.342 e. The van der Waals surface area contributed by atoms with Crippen molar-refractivity contribution < 1.29 is 27.8 Å². The predicted octanol–water partition coefficient (Wildman–Crippen LogP) is 4.86. The monoisotopic (exact) mass is 420 g/mol. The van der Waals surface area contributed by atoms with E-state index in [1.54, 1.807) is 31.2 Å². The lowest BCUT2D eigenvalue weighted by Crippen LogP contribution is -2.35. The molecule has 2 aromatic rings. The van der Waals surface area contributed by atoms with Crippen LogP contribution in [0, 0.1) is 5.41 Å². The molecule has 0 N–H and O–H groups in total. The van der Waals surface area contributed by atoms with E-state index in [-0.39, 0.29) is 24.2 Å². The van der Waals surface area contributed by atoms with Gasteiger partial charge in [-0.2, -0.15) is 5.10 Å². The molecule has 1 aliphatic rings. The van der Waals surface area contributed by atoms with Crippen molar-refractivity contribution in [3.63, 3.8) is 0 Å². The van der Waals surface area contributed by atoms with E-state index < -0.39 is 23.5 Å². The molecule has 0 saturated heterocycles. The molecule has 1 aromatic heterocycles. The normalized spacial score (nSPS) is 21.4. The lowest BCUT2D eigenvalue weighted by atomic mass is 9.74. The molecular formula is C22H26F2N2O4. The maximum Gasteiger partial charge on any atom is 0.342 e. The van der Waals surface area contributed by atoms with Gasteiger partial charge >= 0.3 is 11.9 Å². The highest BCUT2D eigenvalue weighted by Crippen LogP contribution is 2.42. The minimum Gasteiger partial charge on any atom is -0.466 e. The molecule has 30 heavy (non-hydrogen) atoms. The standard InChI is InChI=1S/C22H26F2N2O4/c1-3-29-21(28)22(2)11-9-16(10-12-22)26-18(19(23)24)17(13-25-26)20(27)30-14-15-7-5-4-6-8-15/h4-8,13,16,19H,3,9-12,14H2,1-2H3. The van der Waals surface area contributed by atoms with Crippen LogP contribution in [0.3, 0.4) is 0 Å². The number of ether oxygens (including phenoxy) is 2. The summed E-state index contributed by atoms with van der Waals surface area (Å²) in [5, 5.41) is 4.09. The van der Waals surface area contributed by atoms with Crippen molar-refractivity contribution in [1.29, 1.82) is 0 Å². The molecule has 1 fully saturated rings. The topological polar surface area (TPSA) is 70.4 Å². The summed E-state index contributed by atoms with van der Waals surface area (Å²) < 4.78 is 39.3. The molecule has 3 rings (SSSR count). The molecule has 0 amide bonds. The van der Waals surface area contributed by atoms with E-state index in [4.69, 9.17) is 9.47 Å². The van der Waals surface area contributed by atoms with Crippen molar-refractivity contribution in [3.05, 3.63) is 53.3 Å². The predicted molar refractivity (Wildman–Crippen MR) is 105 cm³/mol. The van der Waals surface area contributed by atoms with Crippen LogP contribution in [0.25, 0.3) is 0 Å². The summed E-state index contributed by atoms with van der Waals surface area (Å²) in [6, 6.07) is 8.70. The van der Waals surface area contributed by atoms with Gasteiger partial charge < -0.3 is 9.47 Å². The van der Waals surface area contributed by atoms with Crippen LogP contribution < -0.4 is 0 Å². The number of nitrogens with zero attached hydrogens (tertiary/aromatic N) is 2. The zero-order valence-electron chi connectivity index (χ0n) is 17.1. The van der Waals surface area contributed by atoms with Gasteiger partial charge in [-0.05, 0) is 45.1 Å². The molecule has 8 heteroatoms. The summed E-state index contributed by atoms with van der Waals surface area (Å²) in [4.78, 5) is 24.6. The Morgan fingerprint density at radius 1 is 1.20 bits per heavy atom. The fraction of sp³-hybridized carbons (Fsp3) is 0.500. The summed E-state index contributed by atoms with van der Waals surface area (Å²) in [6.07, 6.45) is 0.281. The Morgan fingerprint density at radius 2 is 1.87 bits per heavy atom. The van der Waals surface area contributed by atoms with Crippen LogP contribution in [0.4, 0.5) is 8.78 Å². The minimum atomic E-state index is -2.87. The Labute approximate surface area is 174 Å². The van der Waals surface area contributed by atoms with Crippen LogP contribution in [-0.4, -0.2) is 28.3 Å². The minimum absolute atomic E-state index is 0.00510. The number of halogens is 2. The molecule has 1 heterocycles. The number of benzene rings is 1. The molecule has 0 aliphatic heterocycles. The second-order valence-corrected chi connectivity index (χ2v) is 7.76. The Balaban J connectivity index is 1.72. The number of alkyl halides is 2. The molecule has 1 saturated carbocycles. The molecule has 0 atom stereocenters. The second kappa shape index (κ2) is 9.36. The van der Waals surface area contributed by atoms with Crippen LogP contribution in [0.5, 0.6) is 0 Å². The third-order valence-corrected chi connectivity index (χ3v) is 5.65. The number of hydrogen-bond donors (Lipinski definition) is 0. The molecule has 0 radical (unpaired) electrons. The van der Waals surface area contributed by atoms with Crippen LogP contribution in [0.1, 0.15) is 73.6 Å². The first-order chi connectivity index (χ1) is 14.4. The number of carbonyl (C=O) groups excluding carboxylic acids is 2. The van der Waals surface area contributed by atoms with Crippen molar-refractivity contribution in [2.75, 3.05) is 6.61 Å². The number of rotatable bonds is 7. The summed E-state index contributed by atoms with van der Waals surface area (Å²) in [5.74, 6) is -1.09. The van der Waals surface area contributed by atoms with Crippen molar-refractivity contribution in [2.24, 2.45) is 5.41 Å². The maximum absolute atomic E-state index is 13.8. The third kappa shape index (κ3) is 4.68. The molecule has 0 spiro atoms. The average Bonchev–Trinajstić information content (AvgIpc) is 3.19. The lowest BCUT2D eigenvalue weighted by molar-refractivity contribution is -0.156. The van der Waals surface area contributed by atoms with Crippen molar-refractivity contribution in [3.8, 4) is 0 Å². The number of esters is 2. The van der Waals surface area contributed by atoms with E-state index >= 15 is 0 Å².